The molecule has 0 amide bonds. The van der Waals surface area contributed by atoms with Gasteiger partial charge >= 0.3 is 0 Å². The average molecular weight is 636 g/mol. The van der Waals surface area contributed by atoms with E-state index >= 15 is 0 Å². The number of hydrogen-bond donors (Lipinski definition) is 0. The first kappa shape index (κ1) is 29.0. The van der Waals surface area contributed by atoms with Crippen molar-refractivity contribution in [3.8, 4) is 22.3 Å². The number of hydrogen-bond acceptors (Lipinski definition) is 2. The van der Waals surface area contributed by atoms with Crippen molar-refractivity contribution in [3.63, 3.8) is 0 Å². The molecule has 6 aromatic rings. The Morgan fingerprint density at radius 3 is 2.15 bits per heavy atom. The van der Waals surface area contributed by atoms with Crippen molar-refractivity contribution in [2.45, 2.75) is 32.1 Å². The van der Waals surface area contributed by atoms with E-state index in [9.17, 15) is 0 Å². The standard InChI is InChI=1S/C46H37NS/c1-4-13-32(14-5-1)34-23-27-38(28-24-34)47(39-29-25-35(26-30-39)33-15-6-2-7-16-33)43-22-12-21-41-44-42(36-17-8-3-9-18-36)31-37-19-10-11-20-40(37)46(44)48-45(41)43/h1,3-6,8-11,13-21,23-25,27-31,35H,2,7,12,22,26H2. The van der Waals surface area contributed by atoms with Gasteiger partial charge in [0.25, 0.3) is 0 Å². The van der Waals surface area contributed by atoms with Crippen LogP contribution in [0.4, 0.5) is 5.69 Å². The van der Waals surface area contributed by atoms with Gasteiger partial charge in [0.2, 0.25) is 0 Å². The van der Waals surface area contributed by atoms with Crippen molar-refractivity contribution in [1.29, 1.82) is 0 Å². The Morgan fingerprint density at radius 2 is 1.40 bits per heavy atom. The van der Waals surface area contributed by atoms with Crippen LogP contribution in [-0.2, 0) is 0 Å². The number of nitrogens with zero attached hydrogens (tertiary/aromatic N) is 1. The maximum absolute atomic E-state index is 2.57. The van der Waals surface area contributed by atoms with Gasteiger partial charge < -0.3 is 4.90 Å². The lowest BCUT2D eigenvalue weighted by atomic mass is 9.88. The molecule has 2 heteroatoms. The van der Waals surface area contributed by atoms with Gasteiger partial charge in [-0.15, -0.1) is 11.3 Å². The van der Waals surface area contributed by atoms with Crippen LogP contribution in [0.2, 0.25) is 0 Å². The molecule has 3 aliphatic rings. The summed E-state index contributed by atoms with van der Waals surface area (Å²) in [6.45, 7) is 0. The fourth-order valence-corrected chi connectivity index (χ4v) is 9.15. The van der Waals surface area contributed by atoms with Gasteiger partial charge in [0.15, 0.2) is 0 Å². The minimum atomic E-state index is 0.442. The predicted octanol–water partition coefficient (Wildman–Crippen LogP) is 11.3. The Hall–Kier alpha value is -5.18. The molecule has 0 fully saturated rings. The van der Waals surface area contributed by atoms with Gasteiger partial charge in [0.05, 0.1) is 4.53 Å². The molecular formula is C46H37NS. The van der Waals surface area contributed by atoms with Crippen LogP contribution < -0.4 is 14.7 Å². The third-order valence-corrected chi connectivity index (χ3v) is 11.4. The monoisotopic (exact) mass is 635 g/mol. The topological polar surface area (TPSA) is 3.24 Å². The lowest BCUT2D eigenvalue weighted by Crippen LogP contribution is -2.34. The fraction of sp³-hybridized carbons (Fsp3) is 0.130. The highest BCUT2D eigenvalue weighted by atomic mass is 32.1. The maximum Gasteiger partial charge on any atom is 0.0551 e. The van der Waals surface area contributed by atoms with Crippen LogP contribution in [0.5, 0.6) is 0 Å². The first-order chi connectivity index (χ1) is 23.8. The molecular weight excluding hydrogens is 599 g/mol. The Bertz CT molecular complexity index is 2400. The van der Waals surface area contributed by atoms with Gasteiger partial charge in [-0.3, -0.25) is 0 Å². The zero-order valence-corrected chi connectivity index (χ0v) is 27.8. The smallest absolute Gasteiger partial charge is 0.0551 e. The lowest BCUT2D eigenvalue weighted by molar-refractivity contribution is 0.761. The van der Waals surface area contributed by atoms with E-state index in [0.717, 1.165) is 32.1 Å². The summed E-state index contributed by atoms with van der Waals surface area (Å²) in [7, 11) is 0. The molecule has 48 heavy (non-hydrogen) atoms. The minimum absolute atomic E-state index is 0.442. The highest BCUT2D eigenvalue weighted by Crippen LogP contribution is 2.38. The van der Waals surface area contributed by atoms with Crippen molar-refractivity contribution < 1.29 is 0 Å². The van der Waals surface area contributed by atoms with E-state index in [0.29, 0.717) is 5.92 Å². The SMILES string of the molecule is C1=CC(C2C=CC(N(C3=c4sc5c(c(-c6ccccc6)cc6ccccc65)c4=CCC3)c3ccc(-c4ccccc4)cc3)=CC2)=CCC1. The van der Waals surface area contributed by atoms with E-state index in [2.05, 4.69) is 163 Å². The van der Waals surface area contributed by atoms with Crippen molar-refractivity contribution in [2.24, 2.45) is 5.92 Å². The Balaban J connectivity index is 1.25. The quantitative estimate of drug-likeness (QED) is 0.176. The molecule has 0 spiro atoms. The first-order valence-electron chi connectivity index (χ1n) is 17.3. The molecule has 0 N–H and O–H groups in total. The van der Waals surface area contributed by atoms with E-state index in [4.69, 9.17) is 0 Å². The molecule has 0 bridgehead atoms. The van der Waals surface area contributed by atoms with Gasteiger partial charge in [-0.1, -0.05) is 134 Å². The molecule has 232 valence electrons. The van der Waals surface area contributed by atoms with Crippen molar-refractivity contribution >= 4 is 49.7 Å². The highest BCUT2D eigenvalue weighted by Gasteiger charge is 2.24. The molecule has 9 rings (SSSR count). The summed E-state index contributed by atoms with van der Waals surface area (Å²) in [5.74, 6) is 0.442. The Kier molecular flexibility index (Phi) is 7.52. The summed E-state index contributed by atoms with van der Waals surface area (Å²) in [6.07, 6.45) is 22.2. The molecule has 1 atom stereocenters. The molecule has 1 aromatic heterocycles. The molecule has 3 aliphatic carbocycles. The zero-order valence-electron chi connectivity index (χ0n) is 27.0. The Morgan fingerprint density at radius 1 is 0.646 bits per heavy atom. The van der Waals surface area contributed by atoms with E-state index in [-0.39, 0.29) is 0 Å². The largest absolute Gasteiger partial charge is 0.313 e. The number of benzene rings is 5. The molecule has 1 heterocycles. The van der Waals surface area contributed by atoms with Gasteiger partial charge in [-0.2, -0.15) is 0 Å². The van der Waals surface area contributed by atoms with E-state index < -0.39 is 0 Å². The van der Waals surface area contributed by atoms with Crippen LogP contribution in [0.25, 0.3) is 54.9 Å². The summed E-state index contributed by atoms with van der Waals surface area (Å²) >= 11 is 1.98. The second-order valence-corrected chi connectivity index (χ2v) is 14.0. The number of anilines is 1. The molecule has 0 aliphatic heterocycles. The van der Waals surface area contributed by atoms with E-state index in [1.165, 1.54) is 75.5 Å². The molecule has 1 unspecified atom stereocenters. The predicted molar refractivity (Wildman–Crippen MR) is 207 cm³/mol. The molecule has 0 saturated carbocycles. The lowest BCUT2D eigenvalue weighted by Gasteiger charge is -2.32. The molecule has 0 saturated heterocycles. The van der Waals surface area contributed by atoms with E-state index in [1.807, 2.05) is 11.3 Å². The van der Waals surface area contributed by atoms with Gasteiger partial charge in [0.1, 0.15) is 0 Å². The normalized spacial score (nSPS) is 17.2. The third-order valence-electron chi connectivity index (χ3n) is 10.1. The van der Waals surface area contributed by atoms with Crippen molar-refractivity contribution in [2.75, 3.05) is 4.90 Å². The molecule has 5 aromatic carbocycles. The van der Waals surface area contributed by atoms with Crippen LogP contribution in [-0.4, -0.2) is 0 Å². The van der Waals surface area contributed by atoms with Crippen LogP contribution in [0, 0.1) is 5.92 Å². The van der Waals surface area contributed by atoms with Crippen LogP contribution in [0.1, 0.15) is 32.1 Å². The van der Waals surface area contributed by atoms with Crippen LogP contribution in [0.15, 0.2) is 163 Å². The molecule has 0 radical (unpaired) electrons. The summed E-state index contributed by atoms with van der Waals surface area (Å²) < 4.78 is 2.78. The second kappa shape index (κ2) is 12.4. The number of allylic oxidation sites excluding steroid dienone is 7. The maximum atomic E-state index is 2.57. The highest BCUT2D eigenvalue weighted by molar-refractivity contribution is 7.18. The van der Waals surface area contributed by atoms with Gasteiger partial charge in [0, 0.05) is 33.1 Å². The van der Waals surface area contributed by atoms with Crippen LogP contribution in [0.3, 0.4) is 0 Å². The first-order valence-corrected chi connectivity index (χ1v) is 18.1. The Labute approximate surface area is 286 Å². The summed E-state index contributed by atoms with van der Waals surface area (Å²) in [5, 5.41) is 5.42. The molecule has 1 nitrogen and oxygen atoms in total. The fourth-order valence-electron chi connectivity index (χ4n) is 7.72. The van der Waals surface area contributed by atoms with Crippen molar-refractivity contribution in [3.05, 3.63) is 173 Å². The van der Waals surface area contributed by atoms with E-state index in [1.54, 1.807) is 0 Å². The number of fused-ring (bicyclic) bond motifs is 5. The minimum Gasteiger partial charge on any atom is -0.313 e. The van der Waals surface area contributed by atoms with Crippen molar-refractivity contribution in [1.82, 2.24) is 0 Å². The van der Waals surface area contributed by atoms with Crippen LogP contribution >= 0.6 is 11.3 Å². The summed E-state index contributed by atoms with van der Waals surface area (Å²) in [6, 6.07) is 42.2. The third kappa shape index (κ3) is 5.18. The summed E-state index contributed by atoms with van der Waals surface area (Å²) in [4.78, 5) is 2.57. The number of rotatable bonds is 6. The number of thiophene rings is 1. The van der Waals surface area contributed by atoms with Gasteiger partial charge in [-0.05, 0) is 100 Å². The summed E-state index contributed by atoms with van der Waals surface area (Å²) in [5.41, 5.74) is 10.4. The zero-order chi connectivity index (χ0) is 31.9. The van der Waals surface area contributed by atoms with Gasteiger partial charge in [-0.25, -0.2) is 0 Å². The second-order valence-electron chi connectivity index (χ2n) is 13.0. The average Bonchev–Trinajstić information content (AvgIpc) is 3.57.